The lowest BCUT2D eigenvalue weighted by Crippen LogP contribution is -2.39. The van der Waals surface area contributed by atoms with E-state index in [0.717, 1.165) is 56.7 Å². The fourth-order valence-corrected chi connectivity index (χ4v) is 3.52. The Labute approximate surface area is 204 Å². The number of guanidine groups is 1. The standard InChI is InChI=1S/C23H30F3N3O2.HI/c24-23(25,26)19-7-3-6-18(16-19)17-29-22(28-13-11-21-10-5-15-31-21)27-12-4-9-20-8-1-2-14-30-20;/h3,5-7,10,15-16,20H,1-2,4,8-9,11-14,17H2,(H2,27,28,29);1H. The van der Waals surface area contributed by atoms with E-state index in [1.807, 2.05) is 12.1 Å². The molecule has 2 N–H and O–H groups in total. The largest absolute Gasteiger partial charge is 0.469 e. The van der Waals surface area contributed by atoms with Crippen molar-refractivity contribution in [1.82, 2.24) is 10.6 Å². The van der Waals surface area contributed by atoms with E-state index in [2.05, 4.69) is 15.6 Å². The highest BCUT2D eigenvalue weighted by atomic mass is 127. The van der Waals surface area contributed by atoms with E-state index in [1.54, 1.807) is 12.3 Å². The SMILES string of the molecule is FC(F)(F)c1cccc(CN=C(NCCCC2CCCCO2)NCCc2ccco2)c1.I. The summed E-state index contributed by atoms with van der Waals surface area (Å²) in [5, 5.41) is 6.52. The maximum absolute atomic E-state index is 12.9. The zero-order chi connectivity index (χ0) is 21.9. The van der Waals surface area contributed by atoms with Crippen molar-refractivity contribution < 1.29 is 22.3 Å². The first-order valence-electron chi connectivity index (χ1n) is 10.8. The van der Waals surface area contributed by atoms with Crippen LogP contribution in [0.4, 0.5) is 13.2 Å². The summed E-state index contributed by atoms with van der Waals surface area (Å²) in [5.41, 5.74) is -0.148. The number of nitrogens with one attached hydrogen (secondary N) is 2. The van der Waals surface area contributed by atoms with Crippen molar-refractivity contribution in [2.24, 2.45) is 4.99 Å². The lowest BCUT2D eigenvalue weighted by Gasteiger charge is -2.22. The van der Waals surface area contributed by atoms with Crippen molar-refractivity contribution in [2.45, 2.75) is 57.3 Å². The highest BCUT2D eigenvalue weighted by Gasteiger charge is 2.30. The first-order chi connectivity index (χ1) is 15.0. The number of ether oxygens (including phenoxy) is 1. The summed E-state index contributed by atoms with van der Waals surface area (Å²) >= 11 is 0. The number of rotatable bonds is 9. The van der Waals surface area contributed by atoms with Crippen molar-refractivity contribution in [3.8, 4) is 0 Å². The van der Waals surface area contributed by atoms with E-state index in [4.69, 9.17) is 9.15 Å². The molecule has 1 unspecified atom stereocenters. The first-order valence-corrected chi connectivity index (χ1v) is 10.8. The van der Waals surface area contributed by atoms with Crippen LogP contribution in [0.15, 0.2) is 52.1 Å². The molecule has 0 amide bonds. The quantitative estimate of drug-likeness (QED) is 0.182. The van der Waals surface area contributed by atoms with Gasteiger partial charge in [0, 0.05) is 26.1 Å². The second-order valence-corrected chi connectivity index (χ2v) is 7.68. The van der Waals surface area contributed by atoms with Crippen LogP contribution in [0.3, 0.4) is 0 Å². The Morgan fingerprint density at radius 3 is 2.66 bits per heavy atom. The monoisotopic (exact) mass is 565 g/mol. The van der Waals surface area contributed by atoms with E-state index in [0.29, 0.717) is 30.6 Å². The third-order valence-electron chi connectivity index (χ3n) is 5.19. The van der Waals surface area contributed by atoms with Crippen LogP contribution in [-0.2, 0) is 23.9 Å². The van der Waals surface area contributed by atoms with E-state index in [-0.39, 0.29) is 30.5 Å². The van der Waals surface area contributed by atoms with Crippen LogP contribution in [0.1, 0.15) is 49.0 Å². The van der Waals surface area contributed by atoms with Gasteiger partial charge in [-0.2, -0.15) is 13.2 Å². The average molecular weight is 565 g/mol. The summed E-state index contributed by atoms with van der Waals surface area (Å²) in [5.74, 6) is 1.44. The molecule has 0 bridgehead atoms. The van der Waals surface area contributed by atoms with Crippen LogP contribution < -0.4 is 10.6 Å². The molecule has 1 saturated heterocycles. The Morgan fingerprint density at radius 1 is 1.09 bits per heavy atom. The summed E-state index contributed by atoms with van der Waals surface area (Å²) in [4.78, 5) is 4.49. The minimum Gasteiger partial charge on any atom is -0.469 e. The van der Waals surface area contributed by atoms with Crippen molar-refractivity contribution in [1.29, 1.82) is 0 Å². The van der Waals surface area contributed by atoms with Crippen LogP contribution in [0.25, 0.3) is 0 Å². The van der Waals surface area contributed by atoms with E-state index in [1.165, 1.54) is 12.5 Å². The lowest BCUT2D eigenvalue weighted by molar-refractivity contribution is -0.137. The third kappa shape index (κ3) is 9.40. The van der Waals surface area contributed by atoms with Crippen molar-refractivity contribution >= 4 is 29.9 Å². The molecule has 0 saturated carbocycles. The number of halogens is 4. The van der Waals surface area contributed by atoms with Gasteiger partial charge >= 0.3 is 6.18 Å². The maximum Gasteiger partial charge on any atom is 0.416 e. The van der Waals surface area contributed by atoms with Gasteiger partial charge in [-0.1, -0.05) is 12.1 Å². The average Bonchev–Trinajstić information content (AvgIpc) is 3.28. The molecule has 1 aliphatic rings. The molecule has 1 aliphatic heterocycles. The summed E-state index contributed by atoms with van der Waals surface area (Å²) in [6.45, 7) is 2.32. The van der Waals surface area contributed by atoms with Gasteiger partial charge < -0.3 is 19.8 Å². The zero-order valence-electron chi connectivity index (χ0n) is 18.0. The van der Waals surface area contributed by atoms with Crippen molar-refractivity contribution in [3.63, 3.8) is 0 Å². The second-order valence-electron chi connectivity index (χ2n) is 7.68. The Balaban J connectivity index is 0.00000363. The van der Waals surface area contributed by atoms with Gasteiger partial charge in [-0.05, 0) is 61.9 Å². The van der Waals surface area contributed by atoms with Crippen molar-refractivity contribution in [2.75, 3.05) is 19.7 Å². The number of aliphatic imine (C=N–C) groups is 1. The summed E-state index contributed by atoms with van der Waals surface area (Å²) in [6.07, 6.45) is 3.68. The number of furan rings is 1. The molecule has 5 nitrogen and oxygen atoms in total. The third-order valence-corrected chi connectivity index (χ3v) is 5.19. The number of hydrogen-bond acceptors (Lipinski definition) is 3. The van der Waals surface area contributed by atoms with Crippen LogP contribution in [-0.4, -0.2) is 31.8 Å². The first kappa shape index (κ1) is 26.5. The van der Waals surface area contributed by atoms with Crippen LogP contribution in [0, 0.1) is 0 Å². The highest BCUT2D eigenvalue weighted by molar-refractivity contribution is 14.0. The van der Waals surface area contributed by atoms with Gasteiger partial charge in [0.2, 0.25) is 0 Å². The predicted octanol–water partition coefficient (Wildman–Crippen LogP) is 5.54. The molecule has 0 radical (unpaired) electrons. The van der Waals surface area contributed by atoms with Gasteiger partial charge in [-0.3, -0.25) is 0 Å². The maximum atomic E-state index is 12.9. The Bertz CT molecular complexity index is 807. The predicted molar refractivity (Wildman–Crippen MR) is 129 cm³/mol. The number of benzene rings is 1. The molecule has 3 rings (SSSR count). The van der Waals surface area contributed by atoms with Gasteiger partial charge in [0.05, 0.1) is 24.5 Å². The molecule has 32 heavy (non-hydrogen) atoms. The number of nitrogens with zero attached hydrogens (tertiary/aromatic N) is 1. The van der Waals surface area contributed by atoms with Gasteiger partial charge in [-0.25, -0.2) is 4.99 Å². The van der Waals surface area contributed by atoms with Gasteiger partial charge in [0.15, 0.2) is 5.96 Å². The lowest BCUT2D eigenvalue weighted by atomic mass is 10.0. The molecular formula is C23H31F3IN3O2. The molecular weight excluding hydrogens is 534 g/mol. The van der Waals surface area contributed by atoms with Crippen LogP contribution >= 0.6 is 24.0 Å². The fourth-order valence-electron chi connectivity index (χ4n) is 3.52. The molecule has 1 atom stereocenters. The topological polar surface area (TPSA) is 58.8 Å². The van der Waals surface area contributed by atoms with E-state index in [9.17, 15) is 13.2 Å². The van der Waals surface area contributed by atoms with Crippen LogP contribution in [0.5, 0.6) is 0 Å². The number of hydrogen-bond donors (Lipinski definition) is 2. The van der Waals surface area contributed by atoms with Gasteiger partial charge in [0.25, 0.3) is 0 Å². The molecule has 0 spiro atoms. The molecule has 1 fully saturated rings. The molecule has 0 aliphatic carbocycles. The molecule has 2 aromatic rings. The summed E-state index contributed by atoms with van der Waals surface area (Å²) in [7, 11) is 0. The molecule has 178 valence electrons. The molecule has 1 aromatic heterocycles. The molecule has 2 heterocycles. The minimum absolute atomic E-state index is 0. The Kier molecular flexibility index (Phi) is 11.4. The molecule has 9 heteroatoms. The summed E-state index contributed by atoms with van der Waals surface area (Å²) in [6, 6.07) is 9.02. The Morgan fingerprint density at radius 2 is 1.94 bits per heavy atom. The minimum atomic E-state index is -4.36. The van der Waals surface area contributed by atoms with Crippen molar-refractivity contribution in [3.05, 3.63) is 59.5 Å². The smallest absolute Gasteiger partial charge is 0.416 e. The van der Waals surface area contributed by atoms with E-state index < -0.39 is 11.7 Å². The zero-order valence-corrected chi connectivity index (χ0v) is 20.3. The fraction of sp³-hybridized carbons (Fsp3) is 0.522. The second kappa shape index (κ2) is 13.7. The normalized spacial score (nSPS) is 17.0. The molecule has 1 aromatic carbocycles. The highest BCUT2D eigenvalue weighted by Crippen LogP contribution is 2.29. The van der Waals surface area contributed by atoms with Crippen LogP contribution in [0.2, 0.25) is 0 Å². The van der Waals surface area contributed by atoms with Gasteiger partial charge in [0.1, 0.15) is 5.76 Å². The summed E-state index contributed by atoms with van der Waals surface area (Å²) < 4.78 is 49.9. The Hall–Kier alpha value is -1.75. The van der Waals surface area contributed by atoms with E-state index >= 15 is 0 Å². The number of alkyl halides is 3. The van der Waals surface area contributed by atoms with Gasteiger partial charge in [-0.15, -0.1) is 24.0 Å².